The van der Waals surface area contributed by atoms with Crippen molar-refractivity contribution in [1.82, 2.24) is 9.97 Å². The fourth-order valence-corrected chi connectivity index (χ4v) is 6.27. The second-order valence-electron chi connectivity index (χ2n) is 12.0. The lowest BCUT2D eigenvalue weighted by molar-refractivity contribution is 0.477. The van der Waals surface area contributed by atoms with Gasteiger partial charge in [0.1, 0.15) is 5.75 Å². The Bertz CT molecular complexity index is 2350. The van der Waals surface area contributed by atoms with Crippen LogP contribution in [0, 0.1) is 0 Å². The van der Waals surface area contributed by atoms with Gasteiger partial charge in [0.05, 0.1) is 17.1 Å². The molecular weight excluding hydrogens is 597 g/mol. The predicted octanol–water partition coefficient (Wildman–Crippen LogP) is 11.9. The van der Waals surface area contributed by atoms with Crippen molar-refractivity contribution >= 4 is 0 Å². The van der Waals surface area contributed by atoms with Gasteiger partial charge < -0.3 is 5.11 Å². The SMILES string of the molecule is Oc1ccccc1-c1cc(-c2ccc(-c3ccccc3)cc2)cc(-c2cc(-c3ccc(-c4ccccc4)cc3)cc(-c3ccccn3)c2)n1. The molecule has 1 N–H and O–H groups in total. The van der Waals surface area contributed by atoms with Crippen molar-refractivity contribution < 1.29 is 5.11 Å². The van der Waals surface area contributed by atoms with E-state index in [1.807, 2.05) is 54.7 Å². The van der Waals surface area contributed by atoms with Gasteiger partial charge in [0.2, 0.25) is 0 Å². The minimum Gasteiger partial charge on any atom is -0.507 e. The van der Waals surface area contributed by atoms with Gasteiger partial charge in [0.15, 0.2) is 0 Å². The van der Waals surface area contributed by atoms with Gasteiger partial charge in [-0.15, -0.1) is 0 Å². The lowest BCUT2D eigenvalue weighted by Crippen LogP contribution is -1.94. The molecule has 49 heavy (non-hydrogen) atoms. The summed E-state index contributed by atoms with van der Waals surface area (Å²) in [6, 6.07) is 62.2. The van der Waals surface area contributed by atoms with Crippen LogP contribution in [-0.4, -0.2) is 15.1 Å². The van der Waals surface area contributed by atoms with Crippen LogP contribution in [0.3, 0.4) is 0 Å². The average Bonchev–Trinajstić information content (AvgIpc) is 3.19. The topological polar surface area (TPSA) is 46.0 Å². The van der Waals surface area contributed by atoms with Gasteiger partial charge in [-0.1, -0.05) is 127 Å². The lowest BCUT2D eigenvalue weighted by atomic mass is 9.93. The first-order chi connectivity index (χ1) is 24.2. The third-order valence-corrected chi connectivity index (χ3v) is 8.85. The van der Waals surface area contributed by atoms with E-state index in [2.05, 4.69) is 127 Å². The zero-order valence-corrected chi connectivity index (χ0v) is 26.7. The van der Waals surface area contributed by atoms with Gasteiger partial charge >= 0.3 is 0 Å². The number of nitrogens with zero attached hydrogens (tertiary/aromatic N) is 2. The van der Waals surface area contributed by atoms with Gasteiger partial charge in [-0.2, -0.15) is 0 Å². The molecule has 0 unspecified atom stereocenters. The number of rotatable bonds is 7. The Balaban J connectivity index is 1.27. The Labute approximate surface area is 286 Å². The van der Waals surface area contributed by atoms with E-state index in [0.717, 1.165) is 50.3 Å². The van der Waals surface area contributed by atoms with E-state index in [1.165, 1.54) is 16.7 Å². The smallest absolute Gasteiger partial charge is 0.124 e. The average molecular weight is 629 g/mol. The predicted molar refractivity (Wildman–Crippen MR) is 202 cm³/mol. The molecule has 2 heterocycles. The normalized spacial score (nSPS) is 10.9. The van der Waals surface area contributed by atoms with Crippen LogP contribution in [-0.2, 0) is 0 Å². The summed E-state index contributed by atoms with van der Waals surface area (Å²) >= 11 is 0. The third kappa shape index (κ3) is 6.38. The molecule has 0 saturated carbocycles. The van der Waals surface area contributed by atoms with Crippen LogP contribution in [0.15, 0.2) is 188 Å². The van der Waals surface area contributed by atoms with Gasteiger partial charge in [0, 0.05) is 22.9 Å². The lowest BCUT2D eigenvalue weighted by Gasteiger charge is -2.14. The summed E-state index contributed by atoms with van der Waals surface area (Å²) in [4.78, 5) is 9.86. The maximum absolute atomic E-state index is 10.9. The molecule has 0 aliphatic heterocycles. The Kier molecular flexibility index (Phi) is 8.07. The zero-order valence-electron chi connectivity index (χ0n) is 26.7. The summed E-state index contributed by atoms with van der Waals surface area (Å²) in [5.41, 5.74) is 14.0. The number of para-hydroxylation sites is 1. The highest BCUT2D eigenvalue weighted by Gasteiger charge is 2.15. The van der Waals surface area contributed by atoms with Crippen molar-refractivity contribution in [2.45, 2.75) is 0 Å². The summed E-state index contributed by atoms with van der Waals surface area (Å²) in [6.07, 6.45) is 1.82. The summed E-state index contributed by atoms with van der Waals surface area (Å²) < 4.78 is 0. The molecule has 8 aromatic rings. The highest BCUT2D eigenvalue weighted by Crippen LogP contribution is 2.37. The standard InChI is InChI=1S/C46H32N2O/c49-46-17-8-7-15-42(46)45-31-39(37-24-20-35(21-25-37)33-13-5-2-6-14-33)30-44(48-45)41-28-38(27-40(29-41)43-16-9-10-26-47-43)36-22-18-34(19-23-36)32-11-3-1-4-12-32/h1-31,49H. The molecule has 0 spiro atoms. The Morgan fingerprint density at radius 3 is 1.29 bits per heavy atom. The number of phenolic OH excluding ortho intramolecular Hbond substituents is 1. The van der Waals surface area contributed by atoms with Gasteiger partial charge in [-0.05, 0) is 99.1 Å². The largest absolute Gasteiger partial charge is 0.507 e. The molecule has 0 bridgehead atoms. The van der Waals surface area contributed by atoms with E-state index in [9.17, 15) is 5.11 Å². The minimum absolute atomic E-state index is 0.193. The molecule has 0 fully saturated rings. The fraction of sp³-hybridized carbons (Fsp3) is 0. The molecule has 0 aliphatic rings. The second-order valence-corrected chi connectivity index (χ2v) is 12.0. The van der Waals surface area contributed by atoms with Crippen LogP contribution in [0.5, 0.6) is 5.75 Å². The first-order valence-electron chi connectivity index (χ1n) is 16.4. The summed E-state index contributed by atoms with van der Waals surface area (Å²) in [7, 11) is 0. The molecule has 3 nitrogen and oxygen atoms in total. The molecular formula is C46H32N2O. The van der Waals surface area contributed by atoms with Crippen molar-refractivity contribution in [1.29, 1.82) is 0 Å². The van der Waals surface area contributed by atoms with Crippen molar-refractivity contribution in [3.63, 3.8) is 0 Å². The van der Waals surface area contributed by atoms with Crippen LogP contribution in [0.25, 0.3) is 78.3 Å². The van der Waals surface area contributed by atoms with Crippen molar-refractivity contribution in [3.8, 4) is 84.0 Å². The number of pyridine rings is 2. The number of hydrogen-bond acceptors (Lipinski definition) is 3. The van der Waals surface area contributed by atoms with E-state index in [4.69, 9.17) is 9.97 Å². The highest BCUT2D eigenvalue weighted by atomic mass is 16.3. The van der Waals surface area contributed by atoms with Crippen LogP contribution in [0.4, 0.5) is 0 Å². The molecule has 0 aliphatic carbocycles. The molecule has 2 aromatic heterocycles. The second kappa shape index (κ2) is 13.3. The van der Waals surface area contributed by atoms with E-state index < -0.39 is 0 Å². The fourth-order valence-electron chi connectivity index (χ4n) is 6.27. The molecule has 232 valence electrons. The Morgan fingerprint density at radius 2 is 0.735 bits per heavy atom. The monoisotopic (exact) mass is 628 g/mol. The molecule has 6 aromatic carbocycles. The number of hydrogen-bond donors (Lipinski definition) is 1. The number of aromatic hydroxyl groups is 1. The van der Waals surface area contributed by atoms with E-state index in [1.54, 1.807) is 6.07 Å². The van der Waals surface area contributed by atoms with Crippen LogP contribution in [0.1, 0.15) is 0 Å². The zero-order chi connectivity index (χ0) is 33.0. The van der Waals surface area contributed by atoms with Crippen molar-refractivity contribution in [2.75, 3.05) is 0 Å². The van der Waals surface area contributed by atoms with Gasteiger partial charge in [-0.3, -0.25) is 4.98 Å². The molecule has 0 radical (unpaired) electrons. The van der Waals surface area contributed by atoms with E-state index >= 15 is 0 Å². The minimum atomic E-state index is 0.193. The van der Waals surface area contributed by atoms with Crippen molar-refractivity contribution in [2.24, 2.45) is 0 Å². The number of aromatic nitrogens is 2. The Morgan fingerprint density at radius 1 is 0.306 bits per heavy atom. The first-order valence-corrected chi connectivity index (χ1v) is 16.4. The summed E-state index contributed by atoms with van der Waals surface area (Å²) in [6.45, 7) is 0. The summed E-state index contributed by atoms with van der Waals surface area (Å²) in [5.74, 6) is 0.193. The quantitative estimate of drug-likeness (QED) is 0.191. The molecule has 0 atom stereocenters. The number of phenols is 1. The molecule has 3 heteroatoms. The highest BCUT2D eigenvalue weighted by molar-refractivity contribution is 5.84. The molecule has 8 rings (SSSR count). The maximum Gasteiger partial charge on any atom is 0.124 e. The van der Waals surface area contributed by atoms with Crippen molar-refractivity contribution in [3.05, 3.63) is 188 Å². The third-order valence-electron chi connectivity index (χ3n) is 8.85. The molecule has 0 amide bonds. The molecule has 0 saturated heterocycles. The Hall–Kier alpha value is -6.58. The first kappa shape index (κ1) is 29.8. The van der Waals surface area contributed by atoms with Gasteiger partial charge in [0.25, 0.3) is 0 Å². The van der Waals surface area contributed by atoms with Crippen LogP contribution >= 0.6 is 0 Å². The van der Waals surface area contributed by atoms with E-state index in [0.29, 0.717) is 11.3 Å². The van der Waals surface area contributed by atoms with E-state index in [-0.39, 0.29) is 5.75 Å². The van der Waals surface area contributed by atoms with Gasteiger partial charge in [-0.25, -0.2) is 4.98 Å². The van der Waals surface area contributed by atoms with Crippen LogP contribution < -0.4 is 0 Å². The number of benzene rings is 6. The summed E-state index contributed by atoms with van der Waals surface area (Å²) in [5, 5.41) is 10.9. The maximum atomic E-state index is 10.9. The van der Waals surface area contributed by atoms with Crippen LogP contribution in [0.2, 0.25) is 0 Å².